The molecule has 0 bridgehead atoms. The van der Waals surface area contributed by atoms with Crippen LogP contribution in [0.1, 0.15) is 26.3 Å². The molecule has 2 nitrogen and oxygen atoms in total. The van der Waals surface area contributed by atoms with E-state index in [1.54, 1.807) is 12.1 Å². The Hall–Kier alpha value is -1.23. The molecule has 0 saturated heterocycles. The second-order valence-electron chi connectivity index (χ2n) is 5.69. The van der Waals surface area contributed by atoms with E-state index in [9.17, 15) is 13.2 Å². The van der Waals surface area contributed by atoms with E-state index >= 15 is 0 Å². The second-order valence-corrected chi connectivity index (χ2v) is 5.69. The number of halogens is 3. The molecule has 0 saturated carbocycles. The minimum atomic E-state index is -4.65. The first-order valence-electron chi connectivity index (χ1n) is 6.16. The Labute approximate surface area is 111 Å². The van der Waals surface area contributed by atoms with Gasteiger partial charge in [0.05, 0.1) is 0 Å². The highest BCUT2D eigenvalue weighted by atomic mass is 19.4. The van der Waals surface area contributed by atoms with Crippen molar-refractivity contribution in [3.8, 4) is 5.75 Å². The maximum absolute atomic E-state index is 12.0. The highest BCUT2D eigenvalue weighted by molar-refractivity contribution is 5.27. The monoisotopic (exact) mass is 275 g/mol. The lowest BCUT2D eigenvalue weighted by Gasteiger charge is -2.29. The average Bonchev–Trinajstić information content (AvgIpc) is 2.24. The van der Waals surface area contributed by atoms with Crippen molar-refractivity contribution in [2.75, 3.05) is 6.54 Å². The molecule has 1 aromatic rings. The third kappa shape index (κ3) is 5.51. The van der Waals surface area contributed by atoms with Crippen LogP contribution in [-0.4, -0.2) is 12.9 Å². The van der Waals surface area contributed by atoms with Crippen LogP contribution in [0, 0.1) is 11.3 Å². The van der Waals surface area contributed by atoms with Crippen molar-refractivity contribution in [3.05, 3.63) is 29.8 Å². The van der Waals surface area contributed by atoms with Crippen molar-refractivity contribution in [1.29, 1.82) is 0 Å². The molecule has 0 heterocycles. The van der Waals surface area contributed by atoms with Crippen molar-refractivity contribution in [2.45, 2.75) is 33.6 Å². The van der Waals surface area contributed by atoms with Crippen LogP contribution in [0.15, 0.2) is 24.3 Å². The smallest absolute Gasteiger partial charge is 0.406 e. The standard InChI is InChI=1S/C14H20F3NO/c1-13(2,3)11(9-18)8-10-4-6-12(7-5-10)19-14(15,16)17/h4-7,11H,8-9,18H2,1-3H3. The lowest BCUT2D eigenvalue weighted by molar-refractivity contribution is -0.274. The fourth-order valence-corrected chi connectivity index (χ4v) is 1.85. The summed E-state index contributed by atoms with van der Waals surface area (Å²) in [5.41, 5.74) is 6.77. The first-order chi connectivity index (χ1) is 8.62. The first-order valence-corrected chi connectivity index (χ1v) is 6.16. The van der Waals surface area contributed by atoms with Gasteiger partial charge in [0.15, 0.2) is 0 Å². The van der Waals surface area contributed by atoms with Gasteiger partial charge in [-0.25, -0.2) is 0 Å². The van der Waals surface area contributed by atoms with E-state index < -0.39 is 6.36 Å². The zero-order chi connectivity index (χ0) is 14.7. The highest BCUT2D eigenvalue weighted by Gasteiger charge is 2.31. The van der Waals surface area contributed by atoms with E-state index in [1.165, 1.54) is 12.1 Å². The highest BCUT2D eigenvalue weighted by Crippen LogP contribution is 2.29. The normalized spacial score (nSPS) is 14.3. The van der Waals surface area contributed by atoms with Gasteiger partial charge in [-0.3, -0.25) is 0 Å². The summed E-state index contributed by atoms with van der Waals surface area (Å²) >= 11 is 0. The Kier molecular flexibility index (Phi) is 4.85. The van der Waals surface area contributed by atoms with E-state index in [-0.39, 0.29) is 17.1 Å². The number of rotatable bonds is 4. The quantitative estimate of drug-likeness (QED) is 0.908. The Morgan fingerprint density at radius 2 is 1.63 bits per heavy atom. The van der Waals surface area contributed by atoms with E-state index in [0.717, 1.165) is 12.0 Å². The molecular weight excluding hydrogens is 255 g/mol. The molecule has 1 rings (SSSR count). The average molecular weight is 275 g/mol. The summed E-state index contributed by atoms with van der Waals surface area (Å²) in [7, 11) is 0. The summed E-state index contributed by atoms with van der Waals surface area (Å²) in [5.74, 6) is 0.0817. The van der Waals surface area contributed by atoms with Crippen molar-refractivity contribution < 1.29 is 17.9 Å². The number of nitrogens with two attached hydrogens (primary N) is 1. The van der Waals surface area contributed by atoms with Crippen LogP contribution in [0.4, 0.5) is 13.2 Å². The Balaban J connectivity index is 2.71. The van der Waals surface area contributed by atoms with Gasteiger partial charge in [0.25, 0.3) is 0 Å². The minimum absolute atomic E-state index is 0.0654. The zero-order valence-electron chi connectivity index (χ0n) is 11.4. The van der Waals surface area contributed by atoms with Gasteiger partial charge in [0.2, 0.25) is 0 Å². The maximum atomic E-state index is 12.0. The van der Waals surface area contributed by atoms with Crippen LogP contribution in [0.5, 0.6) is 5.75 Å². The molecule has 1 atom stereocenters. The van der Waals surface area contributed by atoms with E-state index in [4.69, 9.17) is 5.73 Å². The zero-order valence-corrected chi connectivity index (χ0v) is 11.4. The molecule has 0 aliphatic carbocycles. The van der Waals surface area contributed by atoms with Crippen molar-refractivity contribution in [1.82, 2.24) is 0 Å². The van der Waals surface area contributed by atoms with Gasteiger partial charge in [-0.1, -0.05) is 32.9 Å². The maximum Gasteiger partial charge on any atom is 0.573 e. The molecule has 0 radical (unpaired) electrons. The number of hydrogen-bond acceptors (Lipinski definition) is 2. The third-order valence-electron chi connectivity index (χ3n) is 3.15. The molecule has 5 heteroatoms. The number of hydrogen-bond donors (Lipinski definition) is 1. The van der Waals surface area contributed by atoms with Crippen LogP contribution in [0.25, 0.3) is 0 Å². The number of benzene rings is 1. The molecular formula is C14H20F3NO. The van der Waals surface area contributed by atoms with E-state index in [1.807, 2.05) is 0 Å². The molecule has 0 spiro atoms. The van der Waals surface area contributed by atoms with E-state index in [0.29, 0.717) is 6.54 Å². The van der Waals surface area contributed by atoms with Gasteiger partial charge in [0.1, 0.15) is 5.75 Å². The molecule has 1 unspecified atom stereocenters. The summed E-state index contributed by atoms with van der Waals surface area (Å²) in [6.07, 6.45) is -3.90. The molecule has 108 valence electrons. The van der Waals surface area contributed by atoms with Gasteiger partial charge in [0, 0.05) is 0 Å². The number of alkyl halides is 3. The van der Waals surface area contributed by atoms with Crippen molar-refractivity contribution in [2.24, 2.45) is 17.1 Å². The van der Waals surface area contributed by atoms with Gasteiger partial charge in [-0.2, -0.15) is 0 Å². The minimum Gasteiger partial charge on any atom is -0.406 e. The van der Waals surface area contributed by atoms with Gasteiger partial charge in [-0.05, 0) is 42.0 Å². The van der Waals surface area contributed by atoms with E-state index in [2.05, 4.69) is 25.5 Å². The summed E-state index contributed by atoms with van der Waals surface area (Å²) in [5, 5.41) is 0. The van der Waals surface area contributed by atoms with Crippen LogP contribution in [-0.2, 0) is 6.42 Å². The fraction of sp³-hybridized carbons (Fsp3) is 0.571. The predicted octanol–water partition coefficient (Wildman–Crippen LogP) is 3.75. The molecule has 19 heavy (non-hydrogen) atoms. The third-order valence-corrected chi connectivity index (χ3v) is 3.15. The molecule has 0 fully saturated rings. The van der Waals surface area contributed by atoms with Crippen LogP contribution in [0.3, 0.4) is 0 Å². The van der Waals surface area contributed by atoms with Gasteiger partial charge >= 0.3 is 6.36 Å². The summed E-state index contributed by atoms with van der Waals surface area (Å²) in [6.45, 7) is 6.85. The molecule has 0 aliphatic heterocycles. The van der Waals surface area contributed by atoms with Crippen LogP contribution in [0.2, 0.25) is 0 Å². The van der Waals surface area contributed by atoms with Crippen molar-refractivity contribution >= 4 is 0 Å². The molecule has 1 aromatic carbocycles. The first kappa shape index (κ1) is 15.8. The molecule has 0 amide bonds. The Morgan fingerprint density at radius 3 is 2.00 bits per heavy atom. The van der Waals surface area contributed by atoms with Crippen molar-refractivity contribution in [3.63, 3.8) is 0 Å². The topological polar surface area (TPSA) is 35.2 Å². The Morgan fingerprint density at radius 1 is 1.11 bits per heavy atom. The molecule has 2 N–H and O–H groups in total. The number of ether oxygens (including phenoxy) is 1. The van der Waals surface area contributed by atoms with Crippen LogP contribution >= 0.6 is 0 Å². The summed E-state index contributed by atoms with van der Waals surface area (Å²) in [4.78, 5) is 0. The summed E-state index contributed by atoms with van der Waals surface area (Å²) in [6, 6.07) is 5.96. The summed E-state index contributed by atoms with van der Waals surface area (Å²) < 4.78 is 39.9. The second kappa shape index (κ2) is 5.82. The largest absolute Gasteiger partial charge is 0.573 e. The predicted molar refractivity (Wildman–Crippen MR) is 68.8 cm³/mol. The fourth-order valence-electron chi connectivity index (χ4n) is 1.85. The van der Waals surface area contributed by atoms with Crippen LogP contribution < -0.4 is 10.5 Å². The lowest BCUT2D eigenvalue weighted by Crippen LogP contribution is -2.29. The van der Waals surface area contributed by atoms with Gasteiger partial charge < -0.3 is 10.5 Å². The Bertz CT molecular complexity index is 393. The SMILES string of the molecule is CC(C)(C)C(CN)Cc1ccc(OC(F)(F)F)cc1. The molecule has 0 aliphatic rings. The van der Waals surface area contributed by atoms with Gasteiger partial charge in [-0.15, -0.1) is 13.2 Å². The lowest BCUT2D eigenvalue weighted by atomic mass is 9.77. The molecule has 0 aromatic heterocycles.